The van der Waals surface area contributed by atoms with Gasteiger partial charge in [-0.05, 0) is 21.0 Å². The molecule has 0 aliphatic carbocycles. The normalized spacial score (nSPS) is 10.8. The number of nitrogens with zero attached hydrogens (tertiary/aromatic N) is 2. The molecule has 96 valence electrons. The summed E-state index contributed by atoms with van der Waals surface area (Å²) in [7, 11) is 5.83. The third-order valence-corrected chi connectivity index (χ3v) is 2.28. The van der Waals surface area contributed by atoms with Gasteiger partial charge in [0.1, 0.15) is 0 Å². The standard InChI is InChI=1S/C11H25N3O2/c1-5-14(4)11(15)10-12-6-8-16-9-7-13(2)3/h12H,5-10H2,1-4H3. The lowest BCUT2D eigenvalue weighted by Gasteiger charge is -2.15. The second-order valence-corrected chi connectivity index (χ2v) is 4.00. The Morgan fingerprint density at radius 2 is 1.94 bits per heavy atom. The zero-order chi connectivity index (χ0) is 12.4. The minimum absolute atomic E-state index is 0.121. The van der Waals surface area contributed by atoms with E-state index < -0.39 is 0 Å². The molecule has 16 heavy (non-hydrogen) atoms. The average molecular weight is 231 g/mol. The van der Waals surface area contributed by atoms with E-state index in [1.165, 1.54) is 0 Å². The number of amides is 1. The van der Waals surface area contributed by atoms with Gasteiger partial charge in [0, 0.05) is 26.7 Å². The fourth-order valence-electron chi connectivity index (χ4n) is 1.00. The van der Waals surface area contributed by atoms with Crippen LogP contribution in [0.3, 0.4) is 0 Å². The quantitative estimate of drug-likeness (QED) is 0.550. The Balaban J connectivity index is 3.24. The molecule has 0 rings (SSSR count). The van der Waals surface area contributed by atoms with Gasteiger partial charge in [-0.15, -0.1) is 0 Å². The zero-order valence-electron chi connectivity index (χ0n) is 11.0. The van der Waals surface area contributed by atoms with Crippen LogP contribution in [0.15, 0.2) is 0 Å². The molecule has 1 amide bonds. The summed E-state index contributed by atoms with van der Waals surface area (Å²) in [5.74, 6) is 0.121. The van der Waals surface area contributed by atoms with Gasteiger partial charge >= 0.3 is 0 Å². The lowest BCUT2D eigenvalue weighted by atomic mass is 10.5. The maximum absolute atomic E-state index is 11.4. The van der Waals surface area contributed by atoms with Gasteiger partial charge < -0.3 is 19.9 Å². The molecule has 0 aromatic carbocycles. The van der Waals surface area contributed by atoms with Crippen LogP contribution < -0.4 is 5.32 Å². The summed E-state index contributed by atoms with van der Waals surface area (Å²) in [4.78, 5) is 15.1. The van der Waals surface area contributed by atoms with Crippen LogP contribution in [0.25, 0.3) is 0 Å². The molecular formula is C11H25N3O2. The van der Waals surface area contributed by atoms with E-state index in [-0.39, 0.29) is 5.91 Å². The van der Waals surface area contributed by atoms with Crippen molar-refractivity contribution in [1.29, 1.82) is 0 Å². The molecule has 0 heterocycles. The Hall–Kier alpha value is -0.650. The van der Waals surface area contributed by atoms with Crippen molar-refractivity contribution in [2.75, 3.05) is 60.5 Å². The Kier molecular flexibility index (Phi) is 9.18. The number of nitrogens with one attached hydrogen (secondary N) is 1. The van der Waals surface area contributed by atoms with Crippen molar-refractivity contribution < 1.29 is 9.53 Å². The molecule has 0 bridgehead atoms. The van der Waals surface area contributed by atoms with E-state index in [2.05, 4.69) is 10.2 Å². The highest BCUT2D eigenvalue weighted by Crippen LogP contribution is 1.82. The van der Waals surface area contributed by atoms with Gasteiger partial charge in [-0.2, -0.15) is 0 Å². The van der Waals surface area contributed by atoms with Gasteiger partial charge in [-0.25, -0.2) is 0 Å². The van der Waals surface area contributed by atoms with Gasteiger partial charge in [0.05, 0.1) is 19.8 Å². The maximum Gasteiger partial charge on any atom is 0.236 e. The number of hydrogen-bond donors (Lipinski definition) is 1. The first kappa shape index (κ1) is 15.3. The highest BCUT2D eigenvalue weighted by Gasteiger charge is 2.04. The van der Waals surface area contributed by atoms with Crippen LogP contribution in [0.5, 0.6) is 0 Å². The first-order chi connectivity index (χ1) is 7.57. The predicted molar refractivity (Wildman–Crippen MR) is 65.6 cm³/mol. The lowest BCUT2D eigenvalue weighted by molar-refractivity contribution is -0.128. The topological polar surface area (TPSA) is 44.8 Å². The van der Waals surface area contributed by atoms with Crippen molar-refractivity contribution in [3.63, 3.8) is 0 Å². The first-order valence-electron chi connectivity index (χ1n) is 5.75. The van der Waals surface area contributed by atoms with Crippen LogP contribution in [0.1, 0.15) is 6.92 Å². The number of carbonyl (C=O) groups excluding carboxylic acids is 1. The number of carbonyl (C=O) groups is 1. The molecule has 0 radical (unpaired) electrons. The molecule has 0 spiro atoms. The van der Waals surface area contributed by atoms with E-state index >= 15 is 0 Å². The Morgan fingerprint density at radius 1 is 1.25 bits per heavy atom. The smallest absolute Gasteiger partial charge is 0.236 e. The summed E-state index contributed by atoms with van der Waals surface area (Å²) in [5, 5.41) is 3.06. The molecule has 0 atom stereocenters. The third-order valence-electron chi connectivity index (χ3n) is 2.28. The molecule has 0 aromatic rings. The molecule has 0 saturated heterocycles. The zero-order valence-corrected chi connectivity index (χ0v) is 11.0. The summed E-state index contributed by atoms with van der Waals surface area (Å²) < 4.78 is 5.38. The second-order valence-electron chi connectivity index (χ2n) is 4.00. The van der Waals surface area contributed by atoms with Crippen molar-refractivity contribution in [2.45, 2.75) is 6.92 Å². The number of rotatable bonds is 9. The van der Waals surface area contributed by atoms with Crippen molar-refractivity contribution in [3.05, 3.63) is 0 Å². The van der Waals surface area contributed by atoms with Crippen LogP contribution in [-0.4, -0.2) is 76.2 Å². The Labute approximate surface area is 98.7 Å². The average Bonchev–Trinajstić information content (AvgIpc) is 2.25. The fraction of sp³-hybridized carbons (Fsp3) is 0.909. The summed E-state index contributed by atoms with van der Waals surface area (Å²) in [6.45, 7) is 6.13. The molecule has 0 aliphatic rings. The SMILES string of the molecule is CCN(C)C(=O)CNCCOCCN(C)C. The fourth-order valence-corrected chi connectivity index (χ4v) is 1.00. The molecule has 0 fully saturated rings. The van der Waals surface area contributed by atoms with Crippen LogP contribution in [0.4, 0.5) is 0 Å². The number of hydrogen-bond acceptors (Lipinski definition) is 4. The van der Waals surface area contributed by atoms with Crippen molar-refractivity contribution in [2.24, 2.45) is 0 Å². The molecule has 0 aliphatic heterocycles. The van der Waals surface area contributed by atoms with E-state index in [9.17, 15) is 4.79 Å². The highest BCUT2D eigenvalue weighted by molar-refractivity contribution is 5.77. The number of likely N-dealkylation sites (N-methyl/N-ethyl adjacent to an activating group) is 2. The minimum atomic E-state index is 0.121. The first-order valence-corrected chi connectivity index (χ1v) is 5.75. The van der Waals surface area contributed by atoms with Crippen LogP contribution in [-0.2, 0) is 9.53 Å². The molecule has 1 N–H and O–H groups in total. The molecule has 5 nitrogen and oxygen atoms in total. The van der Waals surface area contributed by atoms with Crippen LogP contribution in [0, 0.1) is 0 Å². The van der Waals surface area contributed by atoms with Crippen LogP contribution in [0.2, 0.25) is 0 Å². The molecular weight excluding hydrogens is 206 g/mol. The minimum Gasteiger partial charge on any atom is -0.379 e. The van der Waals surface area contributed by atoms with E-state index in [0.29, 0.717) is 13.2 Å². The lowest BCUT2D eigenvalue weighted by Crippen LogP contribution is -2.36. The third kappa shape index (κ3) is 8.64. The molecule has 0 unspecified atom stereocenters. The second kappa shape index (κ2) is 9.57. The van der Waals surface area contributed by atoms with Gasteiger partial charge in [0.25, 0.3) is 0 Å². The predicted octanol–water partition coefficient (Wildman–Crippen LogP) is -0.367. The summed E-state index contributed by atoms with van der Waals surface area (Å²) >= 11 is 0. The molecule has 0 aromatic heterocycles. The van der Waals surface area contributed by atoms with Crippen LogP contribution >= 0.6 is 0 Å². The largest absolute Gasteiger partial charge is 0.379 e. The highest BCUT2D eigenvalue weighted by atomic mass is 16.5. The van der Waals surface area contributed by atoms with Gasteiger partial charge in [-0.3, -0.25) is 4.79 Å². The van der Waals surface area contributed by atoms with Crippen molar-refractivity contribution in [1.82, 2.24) is 15.1 Å². The van der Waals surface area contributed by atoms with E-state index in [0.717, 1.165) is 26.2 Å². The Bertz CT molecular complexity index is 186. The summed E-state index contributed by atoms with van der Waals surface area (Å²) in [6.07, 6.45) is 0. The van der Waals surface area contributed by atoms with Gasteiger partial charge in [-0.1, -0.05) is 0 Å². The number of ether oxygens (including phenoxy) is 1. The summed E-state index contributed by atoms with van der Waals surface area (Å²) in [6, 6.07) is 0. The molecule has 5 heteroatoms. The maximum atomic E-state index is 11.4. The Morgan fingerprint density at radius 3 is 2.50 bits per heavy atom. The van der Waals surface area contributed by atoms with Gasteiger partial charge in [0.2, 0.25) is 5.91 Å². The van der Waals surface area contributed by atoms with Crippen molar-refractivity contribution >= 4 is 5.91 Å². The van der Waals surface area contributed by atoms with E-state index in [1.54, 1.807) is 11.9 Å². The van der Waals surface area contributed by atoms with Gasteiger partial charge in [0.15, 0.2) is 0 Å². The van der Waals surface area contributed by atoms with E-state index in [4.69, 9.17) is 4.74 Å². The van der Waals surface area contributed by atoms with E-state index in [1.807, 2.05) is 21.0 Å². The summed E-state index contributed by atoms with van der Waals surface area (Å²) in [5.41, 5.74) is 0. The monoisotopic (exact) mass is 231 g/mol. The molecule has 0 saturated carbocycles. The van der Waals surface area contributed by atoms with Crippen molar-refractivity contribution in [3.8, 4) is 0 Å².